The minimum Gasteiger partial charge on any atom is -0.350 e. The zero-order valence-electron chi connectivity index (χ0n) is 11.3. The van der Waals surface area contributed by atoms with E-state index in [-0.39, 0.29) is 48.3 Å². The number of carbonyl (C=O) groups is 2. The molecule has 1 aliphatic carbocycles. The van der Waals surface area contributed by atoms with E-state index in [4.69, 9.17) is 5.73 Å². The van der Waals surface area contributed by atoms with E-state index >= 15 is 0 Å². The van der Waals surface area contributed by atoms with Gasteiger partial charge in [0.05, 0.1) is 12.5 Å². The summed E-state index contributed by atoms with van der Waals surface area (Å²) < 4.78 is 0. The highest BCUT2D eigenvalue weighted by Crippen LogP contribution is 2.23. The molecule has 1 fully saturated rings. The van der Waals surface area contributed by atoms with Crippen LogP contribution in [0.25, 0.3) is 0 Å². The predicted molar refractivity (Wildman–Crippen MR) is 73.5 cm³/mol. The zero-order chi connectivity index (χ0) is 13.1. The number of carbonyl (C=O) groups excluding carboxylic acids is 2. The Hall–Kier alpha value is -0.810. The third-order valence-corrected chi connectivity index (χ3v) is 2.84. The van der Waals surface area contributed by atoms with Crippen LogP contribution in [0.1, 0.15) is 40.0 Å². The molecule has 1 saturated carbocycles. The highest BCUT2D eigenvalue weighted by Gasteiger charge is 2.30. The van der Waals surface area contributed by atoms with Gasteiger partial charge in [-0.25, -0.2) is 0 Å². The maximum atomic E-state index is 11.8. The highest BCUT2D eigenvalue weighted by atomic mass is 35.5. The van der Waals surface area contributed by atoms with Gasteiger partial charge in [-0.15, -0.1) is 12.4 Å². The van der Waals surface area contributed by atoms with Crippen molar-refractivity contribution in [1.82, 2.24) is 10.6 Å². The fraction of sp³-hybridized carbons (Fsp3) is 0.833. The summed E-state index contributed by atoms with van der Waals surface area (Å²) in [5.41, 5.74) is 5.55. The van der Waals surface area contributed by atoms with Crippen LogP contribution in [0, 0.1) is 5.92 Å². The molecule has 2 atom stereocenters. The molecular weight excluding hydrogens is 254 g/mol. The standard InChI is InChI=1S/C12H23N3O2.ClH/c1-12(2,3)15-10(16)7-14-11(17)8-5-4-6-9(8)13;/h8-9H,4-7,13H2,1-3H3,(H,14,17)(H,15,16);1H. The molecule has 6 heteroatoms. The second-order valence-corrected chi connectivity index (χ2v) is 5.72. The van der Waals surface area contributed by atoms with Crippen LogP contribution >= 0.6 is 12.4 Å². The Bertz CT molecular complexity index is 302. The SMILES string of the molecule is CC(C)(C)NC(=O)CNC(=O)C1CCCC1N.Cl. The lowest BCUT2D eigenvalue weighted by Crippen LogP contribution is -2.47. The van der Waals surface area contributed by atoms with Crippen LogP contribution in [-0.2, 0) is 9.59 Å². The average molecular weight is 278 g/mol. The summed E-state index contributed by atoms with van der Waals surface area (Å²) in [4.78, 5) is 23.3. The number of nitrogens with two attached hydrogens (primary N) is 1. The van der Waals surface area contributed by atoms with Crippen molar-refractivity contribution in [3.05, 3.63) is 0 Å². The molecule has 2 unspecified atom stereocenters. The van der Waals surface area contributed by atoms with Crippen molar-refractivity contribution in [3.63, 3.8) is 0 Å². The number of nitrogens with one attached hydrogen (secondary N) is 2. The van der Waals surface area contributed by atoms with Gasteiger partial charge in [-0.1, -0.05) is 6.42 Å². The molecule has 0 heterocycles. The lowest BCUT2D eigenvalue weighted by Gasteiger charge is -2.21. The molecule has 4 N–H and O–H groups in total. The Labute approximate surface area is 115 Å². The normalized spacial score (nSPS) is 23.1. The van der Waals surface area contributed by atoms with Crippen LogP contribution in [0.3, 0.4) is 0 Å². The average Bonchev–Trinajstić information content (AvgIpc) is 2.58. The third kappa shape index (κ3) is 5.69. The van der Waals surface area contributed by atoms with Gasteiger partial charge in [0.25, 0.3) is 0 Å². The molecule has 2 amide bonds. The molecule has 106 valence electrons. The first kappa shape index (κ1) is 17.2. The van der Waals surface area contributed by atoms with E-state index in [1.165, 1.54) is 0 Å². The van der Waals surface area contributed by atoms with Crippen LogP contribution in [0.15, 0.2) is 0 Å². The molecule has 0 saturated heterocycles. The van der Waals surface area contributed by atoms with E-state index in [1.54, 1.807) is 0 Å². The predicted octanol–water partition coefficient (Wildman–Crippen LogP) is 0.566. The van der Waals surface area contributed by atoms with Gasteiger partial charge in [0.2, 0.25) is 11.8 Å². The third-order valence-electron chi connectivity index (χ3n) is 2.84. The lowest BCUT2D eigenvalue weighted by molar-refractivity contribution is -0.129. The molecule has 0 bridgehead atoms. The fourth-order valence-electron chi connectivity index (χ4n) is 2.08. The van der Waals surface area contributed by atoms with E-state index in [0.29, 0.717) is 0 Å². The number of halogens is 1. The largest absolute Gasteiger partial charge is 0.350 e. The zero-order valence-corrected chi connectivity index (χ0v) is 12.1. The Morgan fingerprint density at radius 1 is 1.28 bits per heavy atom. The molecular formula is C12H24ClN3O2. The number of amides is 2. The smallest absolute Gasteiger partial charge is 0.239 e. The van der Waals surface area contributed by atoms with Gasteiger partial charge in [-0.05, 0) is 33.6 Å². The molecule has 0 aromatic heterocycles. The van der Waals surface area contributed by atoms with Gasteiger partial charge in [-0.2, -0.15) is 0 Å². The summed E-state index contributed by atoms with van der Waals surface area (Å²) >= 11 is 0. The molecule has 0 radical (unpaired) electrons. The van der Waals surface area contributed by atoms with Crippen molar-refractivity contribution in [3.8, 4) is 0 Å². The molecule has 0 spiro atoms. The molecule has 0 aliphatic heterocycles. The van der Waals surface area contributed by atoms with Crippen molar-refractivity contribution in [2.75, 3.05) is 6.54 Å². The summed E-state index contributed by atoms with van der Waals surface area (Å²) in [6.45, 7) is 5.73. The summed E-state index contributed by atoms with van der Waals surface area (Å²) in [5, 5.41) is 5.44. The first-order valence-electron chi connectivity index (χ1n) is 6.14. The topological polar surface area (TPSA) is 84.2 Å². The number of hydrogen-bond acceptors (Lipinski definition) is 3. The van der Waals surface area contributed by atoms with E-state index in [0.717, 1.165) is 19.3 Å². The summed E-state index contributed by atoms with van der Waals surface area (Å²) in [5.74, 6) is -0.395. The number of rotatable bonds is 3. The van der Waals surface area contributed by atoms with E-state index in [1.807, 2.05) is 20.8 Å². The second-order valence-electron chi connectivity index (χ2n) is 5.72. The maximum Gasteiger partial charge on any atom is 0.239 e. The Kier molecular flexibility index (Phi) is 6.63. The van der Waals surface area contributed by atoms with Gasteiger partial charge >= 0.3 is 0 Å². The van der Waals surface area contributed by atoms with E-state index in [2.05, 4.69) is 10.6 Å². The molecule has 1 aliphatic rings. The molecule has 5 nitrogen and oxygen atoms in total. The van der Waals surface area contributed by atoms with Crippen molar-refractivity contribution >= 4 is 24.2 Å². The summed E-state index contributed by atoms with van der Waals surface area (Å²) in [6.07, 6.45) is 2.72. The van der Waals surface area contributed by atoms with E-state index in [9.17, 15) is 9.59 Å². The van der Waals surface area contributed by atoms with E-state index < -0.39 is 0 Å². The quantitative estimate of drug-likeness (QED) is 0.705. The first-order valence-corrected chi connectivity index (χ1v) is 6.14. The van der Waals surface area contributed by atoms with Crippen molar-refractivity contribution < 1.29 is 9.59 Å². The Balaban J connectivity index is 0.00000289. The van der Waals surface area contributed by atoms with Gasteiger partial charge in [-0.3, -0.25) is 9.59 Å². The Morgan fingerprint density at radius 3 is 2.33 bits per heavy atom. The first-order chi connectivity index (χ1) is 7.79. The van der Waals surface area contributed by atoms with Gasteiger partial charge in [0.15, 0.2) is 0 Å². The number of hydrogen-bond donors (Lipinski definition) is 3. The molecule has 0 aromatic rings. The Morgan fingerprint density at radius 2 is 1.89 bits per heavy atom. The highest BCUT2D eigenvalue weighted by molar-refractivity contribution is 5.86. The molecule has 18 heavy (non-hydrogen) atoms. The summed E-state index contributed by atoms with van der Waals surface area (Å²) in [6, 6.07) is -0.0549. The monoisotopic (exact) mass is 277 g/mol. The summed E-state index contributed by atoms with van der Waals surface area (Å²) in [7, 11) is 0. The lowest BCUT2D eigenvalue weighted by atomic mass is 10.0. The van der Waals surface area contributed by atoms with Crippen LogP contribution in [0.5, 0.6) is 0 Å². The van der Waals surface area contributed by atoms with Gasteiger partial charge in [0, 0.05) is 11.6 Å². The minimum atomic E-state index is -0.272. The van der Waals surface area contributed by atoms with Gasteiger partial charge < -0.3 is 16.4 Å². The maximum absolute atomic E-state index is 11.8. The van der Waals surface area contributed by atoms with Crippen LogP contribution < -0.4 is 16.4 Å². The molecule has 0 aromatic carbocycles. The second kappa shape index (κ2) is 6.95. The van der Waals surface area contributed by atoms with Crippen LogP contribution in [0.4, 0.5) is 0 Å². The van der Waals surface area contributed by atoms with Crippen molar-refractivity contribution in [2.24, 2.45) is 11.7 Å². The fourth-order valence-corrected chi connectivity index (χ4v) is 2.08. The van der Waals surface area contributed by atoms with Crippen LogP contribution in [-0.4, -0.2) is 29.9 Å². The van der Waals surface area contributed by atoms with Crippen LogP contribution in [0.2, 0.25) is 0 Å². The van der Waals surface area contributed by atoms with Crippen molar-refractivity contribution in [1.29, 1.82) is 0 Å². The van der Waals surface area contributed by atoms with Crippen molar-refractivity contribution in [2.45, 2.75) is 51.6 Å². The van der Waals surface area contributed by atoms with Gasteiger partial charge in [0.1, 0.15) is 0 Å². The molecule has 1 rings (SSSR count). The minimum absolute atomic E-state index is 0.